The molecular weight excluding hydrogens is 296 g/mol. The Morgan fingerprint density at radius 1 is 0.609 bits per heavy atom. The maximum atomic E-state index is 5.82. The minimum Gasteiger partial charge on any atom is -0.493 e. The number of benzene rings is 2. The minimum absolute atomic E-state index is 0.404. The highest BCUT2D eigenvalue weighted by Gasteiger charge is 2.12. The van der Waals surface area contributed by atoms with E-state index in [1.165, 1.54) is 0 Å². The van der Waals surface area contributed by atoms with Crippen molar-refractivity contribution in [1.82, 2.24) is 0 Å². The van der Waals surface area contributed by atoms with Gasteiger partial charge in [-0.25, -0.2) is 0 Å². The normalized spacial score (nSPS) is 10.3. The van der Waals surface area contributed by atoms with Gasteiger partial charge >= 0.3 is 0 Å². The average Bonchev–Trinajstić information content (AvgIpc) is 2.60. The maximum Gasteiger partial charge on any atom is 0.166 e. The summed E-state index contributed by atoms with van der Waals surface area (Å²) in [5.41, 5.74) is 1.85. The van der Waals surface area contributed by atoms with Gasteiger partial charge in [-0.15, -0.1) is 0 Å². The second-order valence-electron chi connectivity index (χ2n) is 4.80. The molecule has 0 atom stereocenters. The molecule has 0 aliphatic heterocycles. The number of ether oxygens (including phenoxy) is 5. The van der Waals surface area contributed by atoms with Crippen molar-refractivity contribution in [2.24, 2.45) is 0 Å². The fraction of sp³-hybridized carbons (Fsp3) is 0.333. The highest BCUT2D eigenvalue weighted by molar-refractivity contribution is 5.47. The van der Waals surface area contributed by atoms with E-state index >= 15 is 0 Å². The van der Waals surface area contributed by atoms with E-state index in [4.69, 9.17) is 23.7 Å². The van der Waals surface area contributed by atoms with Gasteiger partial charge in [-0.1, -0.05) is 24.3 Å². The smallest absolute Gasteiger partial charge is 0.166 e. The summed E-state index contributed by atoms with van der Waals surface area (Å²) in [5, 5.41) is 0. The quantitative estimate of drug-likeness (QED) is 0.746. The predicted octanol–water partition coefficient (Wildman–Crippen LogP) is 3.44. The van der Waals surface area contributed by atoms with Crippen molar-refractivity contribution in [3.8, 4) is 23.0 Å². The van der Waals surface area contributed by atoms with Gasteiger partial charge in [0.1, 0.15) is 0 Å². The van der Waals surface area contributed by atoms with Crippen LogP contribution in [-0.2, 0) is 18.0 Å². The molecule has 0 spiro atoms. The Morgan fingerprint density at radius 2 is 1.04 bits per heavy atom. The lowest BCUT2D eigenvalue weighted by Crippen LogP contribution is -2.01. The molecule has 124 valence electrons. The molecule has 0 saturated carbocycles. The fourth-order valence-electron chi connectivity index (χ4n) is 2.41. The largest absolute Gasteiger partial charge is 0.493 e. The van der Waals surface area contributed by atoms with Gasteiger partial charge < -0.3 is 23.7 Å². The molecule has 2 rings (SSSR count). The second-order valence-corrected chi connectivity index (χ2v) is 4.80. The average molecular weight is 318 g/mol. The monoisotopic (exact) mass is 318 g/mol. The fourth-order valence-corrected chi connectivity index (χ4v) is 2.41. The Balaban J connectivity index is 2.09. The van der Waals surface area contributed by atoms with E-state index < -0.39 is 0 Å². The summed E-state index contributed by atoms with van der Waals surface area (Å²) in [6.07, 6.45) is 0. The molecule has 0 fully saturated rings. The summed E-state index contributed by atoms with van der Waals surface area (Å²) >= 11 is 0. The van der Waals surface area contributed by atoms with Gasteiger partial charge in [-0.05, 0) is 12.1 Å². The van der Waals surface area contributed by atoms with Crippen LogP contribution in [-0.4, -0.2) is 28.4 Å². The molecule has 5 nitrogen and oxygen atoms in total. The zero-order valence-corrected chi connectivity index (χ0v) is 13.9. The van der Waals surface area contributed by atoms with E-state index in [1.54, 1.807) is 28.4 Å². The summed E-state index contributed by atoms with van der Waals surface area (Å²) in [6.45, 7) is 0.807. The van der Waals surface area contributed by atoms with Crippen LogP contribution in [0.5, 0.6) is 23.0 Å². The second kappa shape index (κ2) is 8.29. The van der Waals surface area contributed by atoms with Crippen molar-refractivity contribution in [2.45, 2.75) is 13.2 Å². The molecule has 2 aromatic carbocycles. The van der Waals surface area contributed by atoms with Crippen molar-refractivity contribution < 1.29 is 23.7 Å². The molecule has 2 aromatic rings. The lowest BCUT2D eigenvalue weighted by Gasteiger charge is -2.14. The van der Waals surface area contributed by atoms with Crippen LogP contribution in [0.15, 0.2) is 36.4 Å². The van der Waals surface area contributed by atoms with Crippen LogP contribution in [0.1, 0.15) is 11.1 Å². The Kier molecular flexibility index (Phi) is 6.11. The maximum absolute atomic E-state index is 5.82. The van der Waals surface area contributed by atoms with Crippen LogP contribution in [0.3, 0.4) is 0 Å². The third-order valence-corrected chi connectivity index (χ3v) is 3.48. The molecule has 23 heavy (non-hydrogen) atoms. The first-order valence-electron chi connectivity index (χ1n) is 7.22. The molecule has 0 bridgehead atoms. The van der Waals surface area contributed by atoms with Crippen molar-refractivity contribution in [3.63, 3.8) is 0 Å². The lowest BCUT2D eigenvalue weighted by molar-refractivity contribution is 0.103. The Labute approximate surface area is 136 Å². The van der Waals surface area contributed by atoms with Crippen LogP contribution < -0.4 is 18.9 Å². The first-order valence-corrected chi connectivity index (χ1v) is 7.22. The summed E-state index contributed by atoms with van der Waals surface area (Å²) in [4.78, 5) is 0. The standard InChI is InChI=1S/C18H22O5/c1-19-15-9-5-7-13(17(15)21-3)11-23-12-14-8-6-10-16(20-2)18(14)22-4/h5-10H,11-12H2,1-4H3. The lowest BCUT2D eigenvalue weighted by atomic mass is 10.2. The number of hydrogen-bond acceptors (Lipinski definition) is 5. The van der Waals surface area contributed by atoms with Gasteiger partial charge in [-0.3, -0.25) is 0 Å². The van der Waals surface area contributed by atoms with Crippen LogP contribution in [0.4, 0.5) is 0 Å². The summed E-state index contributed by atoms with van der Waals surface area (Å²) in [6, 6.07) is 11.4. The summed E-state index contributed by atoms with van der Waals surface area (Å²) in [5.74, 6) is 2.75. The van der Waals surface area contributed by atoms with Crippen molar-refractivity contribution >= 4 is 0 Å². The Hall–Kier alpha value is -2.40. The van der Waals surface area contributed by atoms with E-state index in [0.717, 1.165) is 11.1 Å². The zero-order valence-electron chi connectivity index (χ0n) is 13.9. The number of hydrogen-bond donors (Lipinski definition) is 0. The molecule has 0 saturated heterocycles. The van der Waals surface area contributed by atoms with E-state index in [1.807, 2.05) is 36.4 Å². The molecule has 0 N–H and O–H groups in total. The SMILES string of the molecule is COc1cccc(COCc2cccc(OC)c2OC)c1OC. The molecular formula is C18H22O5. The van der Waals surface area contributed by atoms with Gasteiger partial charge in [0.05, 0.1) is 41.7 Å². The Morgan fingerprint density at radius 3 is 1.39 bits per heavy atom. The third kappa shape index (κ3) is 3.87. The number of rotatable bonds is 8. The minimum atomic E-state index is 0.404. The first kappa shape index (κ1) is 17.0. The van der Waals surface area contributed by atoms with E-state index in [2.05, 4.69) is 0 Å². The molecule has 0 aliphatic rings. The van der Waals surface area contributed by atoms with Crippen molar-refractivity contribution in [2.75, 3.05) is 28.4 Å². The molecule has 5 heteroatoms. The van der Waals surface area contributed by atoms with Gasteiger partial charge in [0.15, 0.2) is 23.0 Å². The molecule has 0 amide bonds. The molecule has 0 unspecified atom stereocenters. The first-order chi connectivity index (χ1) is 11.2. The van der Waals surface area contributed by atoms with Gasteiger partial charge in [0.25, 0.3) is 0 Å². The van der Waals surface area contributed by atoms with Crippen molar-refractivity contribution in [1.29, 1.82) is 0 Å². The van der Waals surface area contributed by atoms with E-state index in [0.29, 0.717) is 36.2 Å². The van der Waals surface area contributed by atoms with Gasteiger partial charge in [-0.2, -0.15) is 0 Å². The number of para-hydroxylation sites is 2. The van der Waals surface area contributed by atoms with E-state index in [9.17, 15) is 0 Å². The van der Waals surface area contributed by atoms with Crippen molar-refractivity contribution in [3.05, 3.63) is 47.5 Å². The molecule has 0 aliphatic carbocycles. The molecule has 0 aromatic heterocycles. The van der Waals surface area contributed by atoms with Crippen LogP contribution >= 0.6 is 0 Å². The zero-order chi connectivity index (χ0) is 16.7. The van der Waals surface area contributed by atoms with Crippen LogP contribution in [0, 0.1) is 0 Å². The topological polar surface area (TPSA) is 46.2 Å². The summed E-state index contributed by atoms with van der Waals surface area (Å²) in [7, 11) is 6.46. The molecule has 0 radical (unpaired) electrons. The summed E-state index contributed by atoms with van der Waals surface area (Å²) < 4.78 is 27.2. The van der Waals surface area contributed by atoms with Crippen LogP contribution in [0.25, 0.3) is 0 Å². The van der Waals surface area contributed by atoms with Crippen LogP contribution in [0.2, 0.25) is 0 Å². The van der Waals surface area contributed by atoms with Gasteiger partial charge in [0.2, 0.25) is 0 Å². The highest BCUT2D eigenvalue weighted by atomic mass is 16.5. The van der Waals surface area contributed by atoms with E-state index in [-0.39, 0.29) is 0 Å². The van der Waals surface area contributed by atoms with Gasteiger partial charge in [0, 0.05) is 11.1 Å². The predicted molar refractivity (Wildman–Crippen MR) is 87.6 cm³/mol. The molecule has 0 heterocycles. The third-order valence-electron chi connectivity index (χ3n) is 3.48. The Bertz CT molecular complexity index is 584. The number of methoxy groups -OCH3 is 4. The highest BCUT2D eigenvalue weighted by Crippen LogP contribution is 2.33.